The first-order valence-corrected chi connectivity index (χ1v) is 6.55. The highest BCUT2D eigenvalue weighted by molar-refractivity contribution is 7.99. The van der Waals surface area contributed by atoms with Crippen molar-refractivity contribution in [2.75, 3.05) is 23.8 Å². The molecule has 0 saturated heterocycles. The minimum atomic E-state index is 0.343. The Labute approximate surface area is 115 Å². The number of rotatable bonds is 4. The molecule has 0 unspecified atom stereocenters. The van der Waals surface area contributed by atoms with Crippen molar-refractivity contribution in [3.05, 3.63) is 18.0 Å². The summed E-state index contributed by atoms with van der Waals surface area (Å²) in [4.78, 5) is 16.7. The van der Waals surface area contributed by atoms with Crippen molar-refractivity contribution in [1.29, 1.82) is 0 Å². The third-order valence-corrected chi connectivity index (χ3v) is 3.34. The van der Waals surface area contributed by atoms with E-state index in [4.69, 9.17) is 11.5 Å². The highest BCUT2D eigenvalue weighted by Crippen LogP contribution is 2.30. The Kier molecular flexibility index (Phi) is 4.00. The molecule has 7 nitrogen and oxygen atoms in total. The molecule has 2 rings (SSSR count). The van der Waals surface area contributed by atoms with Gasteiger partial charge >= 0.3 is 0 Å². The van der Waals surface area contributed by atoms with Gasteiger partial charge in [0.2, 0.25) is 0 Å². The topological polar surface area (TPSA) is 116 Å². The van der Waals surface area contributed by atoms with E-state index in [1.165, 1.54) is 24.2 Å². The molecule has 0 atom stereocenters. The third-order valence-electron chi connectivity index (χ3n) is 2.43. The van der Waals surface area contributed by atoms with Crippen LogP contribution in [0, 0.1) is 0 Å². The zero-order valence-electron chi connectivity index (χ0n) is 10.7. The van der Waals surface area contributed by atoms with Gasteiger partial charge in [-0.25, -0.2) is 19.9 Å². The number of nitrogens with two attached hydrogens (primary N) is 2. The fraction of sp³-hybridized carbons (Fsp3) is 0.273. The minimum Gasteiger partial charge on any atom is -0.383 e. The molecule has 8 heteroatoms. The SMILES string of the molecule is CCc1c(NC)ncnc1Sc1nc(N)cc(N)n1. The van der Waals surface area contributed by atoms with Crippen LogP contribution in [0.1, 0.15) is 12.5 Å². The molecule has 0 aromatic carbocycles. The van der Waals surface area contributed by atoms with E-state index >= 15 is 0 Å². The number of anilines is 3. The van der Waals surface area contributed by atoms with Crippen molar-refractivity contribution in [1.82, 2.24) is 19.9 Å². The van der Waals surface area contributed by atoms with Crippen LogP contribution < -0.4 is 16.8 Å². The molecule has 5 N–H and O–H groups in total. The van der Waals surface area contributed by atoms with Gasteiger partial charge in [0, 0.05) is 18.7 Å². The maximum Gasteiger partial charge on any atom is 0.197 e. The summed E-state index contributed by atoms with van der Waals surface area (Å²) in [7, 11) is 1.82. The highest BCUT2D eigenvalue weighted by atomic mass is 32.2. The maximum atomic E-state index is 5.65. The average molecular weight is 277 g/mol. The Morgan fingerprint density at radius 2 is 1.89 bits per heavy atom. The smallest absolute Gasteiger partial charge is 0.197 e. The summed E-state index contributed by atoms with van der Waals surface area (Å²) in [5.74, 6) is 1.49. The van der Waals surface area contributed by atoms with Gasteiger partial charge in [-0.2, -0.15) is 0 Å². The van der Waals surface area contributed by atoms with Crippen molar-refractivity contribution >= 4 is 29.2 Å². The molecule has 2 aromatic heterocycles. The zero-order chi connectivity index (χ0) is 13.8. The van der Waals surface area contributed by atoms with E-state index < -0.39 is 0 Å². The summed E-state index contributed by atoms with van der Waals surface area (Å²) in [6, 6.07) is 1.52. The van der Waals surface area contributed by atoms with Crippen LogP contribution in [0.5, 0.6) is 0 Å². The molecule has 2 aromatic rings. The molecule has 0 aliphatic rings. The van der Waals surface area contributed by atoms with Crippen LogP contribution >= 0.6 is 11.8 Å². The molecule has 0 aliphatic carbocycles. The van der Waals surface area contributed by atoms with Crippen molar-refractivity contribution in [3.63, 3.8) is 0 Å². The molecule has 19 heavy (non-hydrogen) atoms. The molecule has 100 valence electrons. The monoisotopic (exact) mass is 277 g/mol. The summed E-state index contributed by atoms with van der Waals surface area (Å²) in [5, 5.41) is 4.32. The van der Waals surface area contributed by atoms with Crippen LogP contribution in [-0.4, -0.2) is 27.0 Å². The van der Waals surface area contributed by atoms with Gasteiger partial charge in [-0.15, -0.1) is 0 Å². The Morgan fingerprint density at radius 1 is 1.21 bits per heavy atom. The second-order valence-corrected chi connectivity index (χ2v) is 4.67. The van der Waals surface area contributed by atoms with Crippen molar-refractivity contribution in [3.8, 4) is 0 Å². The third kappa shape index (κ3) is 3.02. The van der Waals surface area contributed by atoms with Gasteiger partial charge in [0.25, 0.3) is 0 Å². The number of hydrogen-bond acceptors (Lipinski definition) is 8. The van der Waals surface area contributed by atoms with E-state index in [0.29, 0.717) is 16.8 Å². The number of nitrogens with one attached hydrogen (secondary N) is 1. The predicted molar refractivity (Wildman–Crippen MR) is 75.9 cm³/mol. The van der Waals surface area contributed by atoms with Crippen LogP contribution in [0.2, 0.25) is 0 Å². The van der Waals surface area contributed by atoms with E-state index in [9.17, 15) is 0 Å². The van der Waals surface area contributed by atoms with Crippen LogP contribution in [0.4, 0.5) is 17.5 Å². The van der Waals surface area contributed by atoms with Gasteiger partial charge in [-0.3, -0.25) is 0 Å². The molecule has 0 bridgehead atoms. The molecule has 0 aliphatic heterocycles. The fourth-order valence-corrected chi connectivity index (χ4v) is 2.55. The standard InChI is InChI=1S/C11H15N7S/c1-3-6-9(14-2)15-5-16-10(6)19-11-17-7(12)4-8(13)18-11/h4-5H,3H2,1-2H3,(H,14,15,16)(H4,12,13,17,18). The van der Waals surface area contributed by atoms with Crippen LogP contribution in [0.15, 0.2) is 22.6 Å². The Morgan fingerprint density at radius 3 is 2.47 bits per heavy atom. The zero-order valence-corrected chi connectivity index (χ0v) is 11.5. The average Bonchev–Trinajstić information content (AvgIpc) is 2.37. The number of aromatic nitrogens is 4. The summed E-state index contributed by atoms with van der Waals surface area (Å²) >= 11 is 1.32. The quantitative estimate of drug-likeness (QED) is 0.563. The lowest BCUT2D eigenvalue weighted by molar-refractivity contribution is 0.929. The molecule has 2 heterocycles. The first-order chi connectivity index (χ1) is 9.13. The number of hydrogen-bond donors (Lipinski definition) is 3. The molecule has 0 amide bonds. The lowest BCUT2D eigenvalue weighted by Crippen LogP contribution is -2.03. The van der Waals surface area contributed by atoms with Crippen LogP contribution in [-0.2, 0) is 6.42 Å². The first kappa shape index (κ1) is 13.3. The first-order valence-electron chi connectivity index (χ1n) is 5.73. The summed E-state index contributed by atoms with van der Waals surface area (Å²) in [5.41, 5.74) is 12.3. The second-order valence-electron chi connectivity index (χ2n) is 3.71. The molecular formula is C11H15N7S. The lowest BCUT2D eigenvalue weighted by atomic mass is 10.2. The van der Waals surface area contributed by atoms with Crippen molar-refractivity contribution in [2.24, 2.45) is 0 Å². The number of nitrogen functional groups attached to an aromatic ring is 2. The van der Waals surface area contributed by atoms with Gasteiger partial charge in [0.05, 0.1) is 0 Å². The molecular weight excluding hydrogens is 262 g/mol. The van der Waals surface area contributed by atoms with E-state index in [-0.39, 0.29) is 0 Å². The van der Waals surface area contributed by atoms with Gasteiger partial charge in [-0.05, 0) is 18.2 Å². The van der Waals surface area contributed by atoms with Crippen molar-refractivity contribution in [2.45, 2.75) is 23.5 Å². The lowest BCUT2D eigenvalue weighted by Gasteiger charge is -2.10. The van der Waals surface area contributed by atoms with E-state index in [2.05, 4.69) is 25.3 Å². The van der Waals surface area contributed by atoms with E-state index in [1.54, 1.807) is 0 Å². The fourth-order valence-electron chi connectivity index (χ4n) is 1.61. The van der Waals surface area contributed by atoms with Gasteiger partial charge in [0.1, 0.15) is 28.8 Å². The Hall–Kier alpha value is -2.09. The second kappa shape index (κ2) is 5.70. The van der Waals surface area contributed by atoms with Gasteiger partial charge in [0.15, 0.2) is 5.16 Å². The molecule has 0 saturated carbocycles. The van der Waals surface area contributed by atoms with Gasteiger partial charge < -0.3 is 16.8 Å². The van der Waals surface area contributed by atoms with Gasteiger partial charge in [-0.1, -0.05) is 6.92 Å². The molecule has 0 radical (unpaired) electrons. The van der Waals surface area contributed by atoms with E-state index in [1.807, 2.05) is 14.0 Å². The van der Waals surface area contributed by atoms with Crippen LogP contribution in [0.25, 0.3) is 0 Å². The predicted octanol–water partition coefficient (Wildman–Crippen LogP) is 1.19. The maximum absolute atomic E-state index is 5.65. The van der Waals surface area contributed by atoms with Crippen LogP contribution in [0.3, 0.4) is 0 Å². The largest absolute Gasteiger partial charge is 0.383 e. The van der Waals surface area contributed by atoms with Crippen molar-refractivity contribution < 1.29 is 0 Å². The normalized spacial score (nSPS) is 10.4. The highest BCUT2D eigenvalue weighted by Gasteiger charge is 2.12. The van der Waals surface area contributed by atoms with E-state index in [0.717, 1.165) is 22.8 Å². The number of nitrogens with zero attached hydrogens (tertiary/aromatic N) is 4. The Bertz CT molecular complexity index is 567. The molecule has 0 spiro atoms. The summed E-state index contributed by atoms with van der Waals surface area (Å²) < 4.78 is 0. The Balaban J connectivity index is 2.37. The summed E-state index contributed by atoms with van der Waals surface area (Å²) in [6.07, 6.45) is 2.31. The minimum absolute atomic E-state index is 0.343. The summed E-state index contributed by atoms with van der Waals surface area (Å²) in [6.45, 7) is 2.04. The molecule has 0 fully saturated rings.